The van der Waals surface area contributed by atoms with E-state index in [0.29, 0.717) is 36.9 Å². The zero-order valence-corrected chi connectivity index (χ0v) is 25.1. The van der Waals surface area contributed by atoms with E-state index < -0.39 is 22.3 Å². The van der Waals surface area contributed by atoms with Gasteiger partial charge in [-0.1, -0.05) is 24.0 Å². The Morgan fingerprint density at radius 3 is 2.74 bits per heavy atom. The number of likely N-dealkylation sites (tertiary alicyclic amines) is 1. The van der Waals surface area contributed by atoms with Crippen LogP contribution >= 0.6 is 11.3 Å². The molecule has 0 amide bonds. The van der Waals surface area contributed by atoms with Crippen molar-refractivity contribution in [3.63, 3.8) is 0 Å². The Balaban J connectivity index is 1.33. The lowest BCUT2D eigenvalue weighted by atomic mass is 10.0. The van der Waals surface area contributed by atoms with Crippen LogP contribution in [0.25, 0.3) is 10.1 Å². The average Bonchev–Trinajstić information content (AvgIpc) is 3.72. The number of β-amino-alcohol motifs (C(OH)–C–C–N with tert-alkyl or cyclic N) is 1. The molecular weight excluding hydrogens is 579 g/mol. The number of nitrogens with two attached hydrogens (primary N) is 1. The van der Waals surface area contributed by atoms with E-state index in [2.05, 4.69) is 28.5 Å². The van der Waals surface area contributed by atoms with Gasteiger partial charge in [0.25, 0.3) is 0 Å². The number of ether oxygens (including phenoxy) is 1. The summed E-state index contributed by atoms with van der Waals surface area (Å²) in [5, 5.41) is 31.9. The molecule has 1 aromatic heterocycles. The standard InChI is InChI=1S/C30H37FN4O5S2/c1-40-28-15-21(42(32,38)39)9-10-26(28)33-12-3-6-29-23(14-19-7-8-19)22-4-2-5-27(30(22)41-29)34-25-11-13-35(17-24(25)31)16-20(37)18-36/h2,4-5,9-10,15,19-20,24-25,33-34,36-37H,7-8,11-14,16-18H2,1H3,(H2,32,38,39). The minimum Gasteiger partial charge on any atom is -0.495 e. The zero-order valence-electron chi connectivity index (χ0n) is 23.5. The van der Waals surface area contributed by atoms with Gasteiger partial charge in [0, 0.05) is 25.7 Å². The molecule has 12 heteroatoms. The summed E-state index contributed by atoms with van der Waals surface area (Å²) in [5.74, 6) is 7.56. The maximum Gasteiger partial charge on any atom is 0.238 e. The highest BCUT2D eigenvalue weighted by Gasteiger charge is 2.31. The number of piperidine rings is 1. The van der Waals surface area contributed by atoms with Gasteiger partial charge in [0.05, 0.1) is 58.3 Å². The lowest BCUT2D eigenvalue weighted by molar-refractivity contribution is 0.0365. The molecule has 2 aromatic carbocycles. The SMILES string of the molecule is COc1cc(S(N)(=O)=O)ccc1NCC#Cc1sc2c(NC3CCN(CC(O)CO)CC3F)cccc2c1CC1CC1. The van der Waals surface area contributed by atoms with E-state index in [1.165, 1.54) is 37.6 Å². The Bertz CT molecular complexity index is 1580. The van der Waals surface area contributed by atoms with Crippen molar-refractivity contribution in [3.05, 3.63) is 46.8 Å². The van der Waals surface area contributed by atoms with Crippen LogP contribution < -0.4 is 20.5 Å². The van der Waals surface area contributed by atoms with Gasteiger partial charge in [-0.3, -0.25) is 4.90 Å². The summed E-state index contributed by atoms with van der Waals surface area (Å²) < 4.78 is 44.9. The highest BCUT2D eigenvalue weighted by Crippen LogP contribution is 2.42. The van der Waals surface area contributed by atoms with Crippen LogP contribution in [-0.4, -0.2) is 81.7 Å². The molecule has 2 fully saturated rings. The van der Waals surface area contributed by atoms with Gasteiger partial charge in [0.1, 0.15) is 11.9 Å². The fourth-order valence-corrected chi connectivity index (χ4v) is 7.02. The number of sulfonamides is 1. The van der Waals surface area contributed by atoms with Crippen LogP contribution in [0.4, 0.5) is 15.8 Å². The summed E-state index contributed by atoms with van der Waals surface area (Å²) >= 11 is 1.62. The first-order valence-electron chi connectivity index (χ1n) is 14.1. The molecule has 3 unspecified atom stereocenters. The molecule has 9 nitrogen and oxygen atoms in total. The van der Waals surface area contributed by atoms with Crippen LogP contribution in [0, 0.1) is 17.8 Å². The van der Waals surface area contributed by atoms with Crippen molar-refractivity contribution in [3.8, 4) is 17.6 Å². The number of aliphatic hydroxyl groups excluding tert-OH is 2. The van der Waals surface area contributed by atoms with Crippen LogP contribution in [0.3, 0.4) is 0 Å². The number of nitrogens with one attached hydrogen (secondary N) is 2. The summed E-state index contributed by atoms with van der Waals surface area (Å²) in [5.41, 5.74) is 2.74. The number of hydrogen-bond donors (Lipinski definition) is 5. The predicted molar refractivity (Wildman–Crippen MR) is 164 cm³/mol. The van der Waals surface area contributed by atoms with Crippen LogP contribution in [0.15, 0.2) is 41.3 Å². The number of methoxy groups -OCH3 is 1. The number of hydrogen-bond acceptors (Lipinski definition) is 9. The fraction of sp³-hybridized carbons (Fsp3) is 0.467. The Kier molecular flexibility index (Phi) is 9.57. The predicted octanol–water partition coefficient (Wildman–Crippen LogP) is 3.15. The number of nitrogens with zero attached hydrogens (tertiary/aromatic N) is 1. The average molecular weight is 617 g/mol. The molecule has 226 valence electrons. The number of aliphatic hydroxyl groups is 2. The number of fused-ring (bicyclic) bond motifs is 1. The smallest absolute Gasteiger partial charge is 0.238 e. The van der Waals surface area contributed by atoms with Gasteiger partial charge in [-0.05, 0) is 60.7 Å². The molecule has 1 aliphatic carbocycles. The molecule has 5 rings (SSSR count). The van der Waals surface area contributed by atoms with Crippen molar-refractivity contribution < 1.29 is 27.8 Å². The number of anilines is 2. The lowest BCUT2D eigenvalue weighted by Crippen LogP contribution is -2.50. The number of benzene rings is 2. The third-order valence-electron chi connectivity index (χ3n) is 7.72. The first-order valence-corrected chi connectivity index (χ1v) is 16.4. The molecule has 1 saturated carbocycles. The molecule has 0 radical (unpaired) electrons. The quantitative estimate of drug-likeness (QED) is 0.207. The lowest BCUT2D eigenvalue weighted by Gasteiger charge is -2.36. The Morgan fingerprint density at radius 2 is 2.05 bits per heavy atom. The van der Waals surface area contributed by atoms with Crippen LogP contribution in [0.2, 0.25) is 0 Å². The fourth-order valence-electron chi connectivity index (χ4n) is 5.31. The molecule has 3 atom stereocenters. The first-order chi connectivity index (χ1) is 20.2. The van der Waals surface area contributed by atoms with E-state index in [4.69, 9.17) is 15.0 Å². The van der Waals surface area contributed by atoms with Gasteiger partial charge >= 0.3 is 0 Å². The van der Waals surface area contributed by atoms with Crippen molar-refractivity contribution in [1.29, 1.82) is 0 Å². The molecule has 2 aliphatic rings. The summed E-state index contributed by atoms with van der Waals surface area (Å²) in [6.45, 7) is 1.10. The minimum absolute atomic E-state index is 0.0273. The zero-order chi connectivity index (χ0) is 29.9. The van der Waals surface area contributed by atoms with Crippen LogP contribution in [0.5, 0.6) is 5.75 Å². The van der Waals surface area contributed by atoms with Gasteiger partial charge in [-0.15, -0.1) is 11.3 Å². The van der Waals surface area contributed by atoms with Crippen LogP contribution in [0.1, 0.15) is 29.7 Å². The first kappa shape index (κ1) is 30.5. The monoisotopic (exact) mass is 616 g/mol. The van der Waals surface area contributed by atoms with E-state index in [9.17, 15) is 13.5 Å². The number of halogens is 1. The van der Waals surface area contributed by atoms with E-state index in [0.717, 1.165) is 27.1 Å². The number of alkyl halides is 1. The molecule has 0 bridgehead atoms. The summed E-state index contributed by atoms with van der Waals surface area (Å²) in [4.78, 5) is 2.82. The topological polar surface area (TPSA) is 137 Å². The second-order valence-electron chi connectivity index (χ2n) is 11.0. The van der Waals surface area contributed by atoms with Crippen molar-refractivity contribution in [2.24, 2.45) is 11.1 Å². The van der Waals surface area contributed by atoms with E-state index in [1.54, 1.807) is 17.4 Å². The van der Waals surface area contributed by atoms with E-state index >= 15 is 4.39 Å². The maximum atomic E-state index is 15.2. The maximum absolute atomic E-state index is 15.2. The van der Waals surface area contributed by atoms with Gasteiger partial charge < -0.3 is 25.6 Å². The Hall–Kier alpha value is -2.92. The molecule has 1 aliphatic heterocycles. The van der Waals surface area contributed by atoms with Gasteiger partial charge in [0.2, 0.25) is 10.0 Å². The minimum atomic E-state index is -3.84. The molecule has 3 aromatic rings. The van der Waals surface area contributed by atoms with Gasteiger partial charge in [-0.25, -0.2) is 17.9 Å². The third-order valence-corrected chi connectivity index (χ3v) is 9.83. The van der Waals surface area contributed by atoms with Gasteiger partial charge in [-0.2, -0.15) is 0 Å². The van der Waals surface area contributed by atoms with Crippen molar-refractivity contribution in [2.75, 3.05) is 50.5 Å². The van der Waals surface area contributed by atoms with Crippen molar-refractivity contribution >= 4 is 42.8 Å². The number of rotatable bonds is 11. The number of thiophene rings is 1. The third kappa shape index (κ3) is 7.34. The number of primary sulfonamides is 1. The van der Waals surface area contributed by atoms with E-state index in [1.807, 2.05) is 17.0 Å². The Morgan fingerprint density at radius 1 is 1.24 bits per heavy atom. The van der Waals surface area contributed by atoms with Crippen molar-refractivity contribution in [2.45, 2.75) is 48.9 Å². The van der Waals surface area contributed by atoms with E-state index in [-0.39, 0.29) is 30.6 Å². The summed E-state index contributed by atoms with van der Waals surface area (Å²) in [6.07, 6.45) is 2.01. The summed E-state index contributed by atoms with van der Waals surface area (Å²) in [6, 6.07) is 10.2. The normalized spacial score (nSPS) is 20.1. The van der Waals surface area contributed by atoms with Crippen LogP contribution in [-0.2, 0) is 16.4 Å². The molecule has 1 saturated heterocycles. The Labute approximate surface area is 249 Å². The molecule has 0 spiro atoms. The summed E-state index contributed by atoms with van der Waals surface area (Å²) in [7, 11) is -2.38. The second-order valence-corrected chi connectivity index (χ2v) is 13.5. The molecule has 2 heterocycles. The van der Waals surface area contributed by atoms with Gasteiger partial charge in [0.15, 0.2) is 0 Å². The molecular formula is C30H37FN4O5S2. The van der Waals surface area contributed by atoms with Crippen molar-refractivity contribution in [1.82, 2.24) is 4.90 Å². The molecule has 42 heavy (non-hydrogen) atoms. The largest absolute Gasteiger partial charge is 0.495 e. The molecule has 6 N–H and O–H groups in total. The second kappa shape index (κ2) is 13.2. The highest BCUT2D eigenvalue weighted by atomic mass is 32.2. The highest BCUT2D eigenvalue weighted by molar-refractivity contribution is 7.89.